The lowest BCUT2D eigenvalue weighted by Gasteiger charge is -2.10. The summed E-state index contributed by atoms with van der Waals surface area (Å²) in [6, 6.07) is 0. The first-order chi connectivity index (χ1) is 5.20. The molecule has 0 atom stereocenters. The molecule has 1 aromatic rings. The lowest BCUT2D eigenvalue weighted by Crippen LogP contribution is -2.23. The van der Waals surface area contributed by atoms with Gasteiger partial charge in [-0.05, 0) is 12.1 Å². The van der Waals surface area contributed by atoms with Crippen LogP contribution in [0.2, 0.25) is 0 Å². The monoisotopic (exact) mass is 172 g/mol. The number of carbonyl (C=O) groups is 1. The van der Waals surface area contributed by atoms with Crippen LogP contribution >= 0.6 is 11.5 Å². The maximum Gasteiger partial charge on any atom is 0.228 e. The highest BCUT2D eigenvalue weighted by molar-refractivity contribution is 7.09. The van der Waals surface area contributed by atoms with E-state index in [2.05, 4.69) is 14.8 Å². The molecular formula is C5H8N4OS. The summed E-state index contributed by atoms with van der Waals surface area (Å²) >= 11 is 1.17. The zero-order valence-corrected chi connectivity index (χ0v) is 7.13. The Bertz CT molecular complexity index is 235. The van der Waals surface area contributed by atoms with E-state index in [-0.39, 0.29) is 5.78 Å². The number of ketones is 1. The molecule has 0 aromatic carbocycles. The van der Waals surface area contributed by atoms with Crippen molar-refractivity contribution in [3.8, 4) is 0 Å². The van der Waals surface area contributed by atoms with E-state index in [9.17, 15) is 4.79 Å². The maximum atomic E-state index is 10.6. The van der Waals surface area contributed by atoms with Gasteiger partial charge in [0.1, 0.15) is 5.78 Å². The molecule has 6 heteroatoms. The van der Waals surface area contributed by atoms with Gasteiger partial charge >= 0.3 is 0 Å². The largest absolute Gasteiger partial charge is 0.341 e. The Morgan fingerprint density at radius 1 is 1.73 bits per heavy atom. The van der Waals surface area contributed by atoms with Crippen LogP contribution in [0.5, 0.6) is 0 Å². The molecule has 5 nitrogen and oxygen atoms in total. The van der Waals surface area contributed by atoms with Crippen LogP contribution in [0, 0.1) is 0 Å². The van der Waals surface area contributed by atoms with Gasteiger partial charge in [-0.1, -0.05) is 9.59 Å². The van der Waals surface area contributed by atoms with E-state index in [4.69, 9.17) is 0 Å². The minimum Gasteiger partial charge on any atom is -0.341 e. The first-order valence-electron chi connectivity index (χ1n) is 3.06. The molecule has 0 spiro atoms. The Hall–Kier alpha value is -1.04. The summed E-state index contributed by atoms with van der Waals surface area (Å²) < 4.78 is 3.58. The molecule has 0 unspecified atom stereocenters. The zero-order chi connectivity index (χ0) is 8.27. The van der Waals surface area contributed by atoms with Crippen LogP contribution < -0.4 is 4.90 Å². The number of Topliss-reactive ketones (excluding diaryl/α,β-unsaturated/α-hetero) is 1. The van der Waals surface area contributed by atoms with Gasteiger partial charge in [-0.25, -0.2) is 0 Å². The number of nitrogens with zero attached hydrogens (tertiary/aromatic N) is 4. The molecule has 1 aromatic heterocycles. The van der Waals surface area contributed by atoms with E-state index in [1.54, 1.807) is 11.9 Å². The quantitative estimate of drug-likeness (QED) is 0.640. The van der Waals surface area contributed by atoms with E-state index in [0.717, 1.165) is 0 Å². The predicted molar refractivity (Wildman–Crippen MR) is 41.7 cm³/mol. The van der Waals surface area contributed by atoms with E-state index >= 15 is 0 Å². The minimum absolute atomic E-state index is 0.0997. The summed E-state index contributed by atoms with van der Waals surface area (Å²) in [5.74, 6) is 0.0997. The molecule has 0 saturated heterocycles. The maximum absolute atomic E-state index is 10.6. The third kappa shape index (κ3) is 2.23. The normalized spacial score (nSPS) is 9.64. The van der Waals surface area contributed by atoms with Crippen LogP contribution in [-0.2, 0) is 4.79 Å². The Balaban J connectivity index is 2.56. The van der Waals surface area contributed by atoms with Crippen molar-refractivity contribution >= 4 is 22.4 Å². The second kappa shape index (κ2) is 3.38. The zero-order valence-electron chi connectivity index (χ0n) is 6.31. The minimum atomic E-state index is 0.0997. The third-order valence-corrected chi connectivity index (χ3v) is 1.79. The van der Waals surface area contributed by atoms with Crippen molar-refractivity contribution in [3.05, 3.63) is 0 Å². The molecule has 0 N–H and O–H groups in total. The van der Waals surface area contributed by atoms with E-state index < -0.39 is 0 Å². The molecular weight excluding hydrogens is 164 g/mol. The van der Waals surface area contributed by atoms with Crippen LogP contribution in [0.15, 0.2) is 0 Å². The van der Waals surface area contributed by atoms with Crippen molar-refractivity contribution in [1.82, 2.24) is 14.8 Å². The van der Waals surface area contributed by atoms with Gasteiger partial charge in [-0.15, -0.1) is 0 Å². The SMILES string of the molecule is CC(=O)CN(C)c1nnns1. The second-order valence-electron chi connectivity index (χ2n) is 2.20. The number of anilines is 1. The molecule has 11 heavy (non-hydrogen) atoms. The van der Waals surface area contributed by atoms with Gasteiger partial charge in [-0.2, -0.15) is 0 Å². The fraction of sp³-hybridized carbons (Fsp3) is 0.600. The summed E-state index contributed by atoms with van der Waals surface area (Å²) in [6.45, 7) is 1.89. The lowest BCUT2D eigenvalue weighted by atomic mass is 10.4. The number of rotatable bonds is 3. The van der Waals surface area contributed by atoms with Gasteiger partial charge in [0.05, 0.1) is 6.54 Å². The first-order valence-corrected chi connectivity index (χ1v) is 3.83. The number of hydrogen-bond acceptors (Lipinski definition) is 6. The number of hydrogen-bond donors (Lipinski definition) is 0. The number of carbonyl (C=O) groups excluding carboxylic acids is 1. The van der Waals surface area contributed by atoms with Crippen LogP contribution in [0.3, 0.4) is 0 Å². The van der Waals surface area contributed by atoms with Gasteiger partial charge in [0, 0.05) is 18.6 Å². The topological polar surface area (TPSA) is 59.0 Å². The first kappa shape index (κ1) is 8.06. The smallest absolute Gasteiger partial charge is 0.228 e. The molecule has 0 aliphatic heterocycles. The van der Waals surface area contributed by atoms with E-state index in [0.29, 0.717) is 11.7 Å². The molecule has 0 aliphatic rings. The third-order valence-electron chi connectivity index (χ3n) is 1.08. The standard InChI is InChI=1S/C5H8N4OS/c1-4(10)3-9(2)5-6-7-8-11-5/h3H2,1-2H3. The Labute approximate surface area is 68.2 Å². The van der Waals surface area contributed by atoms with Gasteiger partial charge < -0.3 is 4.90 Å². The van der Waals surface area contributed by atoms with Crippen molar-refractivity contribution in [2.75, 3.05) is 18.5 Å². The van der Waals surface area contributed by atoms with Gasteiger partial charge in [0.15, 0.2) is 0 Å². The molecule has 0 radical (unpaired) electrons. The van der Waals surface area contributed by atoms with Gasteiger partial charge in [0.25, 0.3) is 0 Å². The van der Waals surface area contributed by atoms with Crippen LogP contribution in [0.25, 0.3) is 0 Å². The van der Waals surface area contributed by atoms with Crippen molar-refractivity contribution in [2.24, 2.45) is 0 Å². The van der Waals surface area contributed by atoms with Gasteiger partial charge in [-0.3, -0.25) is 4.79 Å². The summed E-state index contributed by atoms with van der Waals surface area (Å²) in [6.07, 6.45) is 0. The summed E-state index contributed by atoms with van der Waals surface area (Å²) in [5, 5.41) is 7.78. The molecule has 0 saturated carbocycles. The fourth-order valence-corrected chi connectivity index (χ4v) is 1.10. The summed E-state index contributed by atoms with van der Waals surface area (Å²) in [7, 11) is 1.78. The molecule has 0 aliphatic carbocycles. The molecule has 60 valence electrons. The average Bonchev–Trinajstić information content (AvgIpc) is 2.35. The number of likely N-dealkylation sites (N-methyl/N-ethyl adjacent to an activating group) is 1. The Morgan fingerprint density at radius 3 is 2.91 bits per heavy atom. The molecule has 0 amide bonds. The van der Waals surface area contributed by atoms with E-state index in [1.165, 1.54) is 18.5 Å². The van der Waals surface area contributed by atoms with E-state index in [1.807, 2.05) is 0 Å². The van der Waals surface area contributed by atoms with Crippen molar-refractivity contribution in [3.63, 3.8) is 0 Å². The Kier molecular flexibility index (Phi) is 2.48. The van der Waals surface area contributed by atoms with Crippen molar-refractivity contribution in [1.29, 1.82) is 0 Å². The van der Waals surface area contributed by atoms with Crippen molar-refractivity contribution < 1.29 is 4.79 Å². The molecule has 1 rings (SSSR count). The highest BCUT2D eigenvalue weighted by Crippen LogP contribution is 2.09. The van der Waals surface area contributed by atoms with Crippen LogP contribution in [-0.4, -0.2) is 34.2 Å². The van der Waals surface area contributed by atoms with Crippen LogP contribution in [0.1, 0.15) is 6.92 Å². The van der Waals surface area contributed by atoms with Gasteiger partial charge in [0.2, 0.25) is 5.13 Å². The average molecular weight is 172 g/mol. The molecule has 1 heterocycles. The highest BCUT2D eigenvalue weighted by Gasteiger charge is 2.06. The lowest BCUT2D eigenvalue weighted by molar-refractivity contribution is -0.115. The highest BCUT2D eigenvalue weighted by atomic mass is 32.1. The molecule has 0 fully saturated rings. The predicted octanol–water partition coefficient (Wildman–Crippen LogP) is -0.0417. The second-order valence-corrected chi connectivity index (χ2v) is 2.91. The fourth-order valence-electron chi connectivity index (χ4n) is 0.677. The number of aromatic nitrogens is 3. The molecule has 0 bridgehead atoms. The Morgan fingerprint density at radius 2 is 2.45 bits per heavy atom. The summed E-state index contributed by atoms with van der Waals surface area (Å²) in [5.41, 5.74) is 0. The van der Waals surface area contributed by atoms with Crippen molar-refractivity contribution in [2.45, 2.75) is 6.92 Å². The van der Waals surface area contributed by atoms with Crippen LogP contribution in [0.4, 0.5) is 5.13 Å². The summed E-state index contributed by atoms with van der Waals surface area (Å²) in [4.78, 5) is 12.4.